The molecule has 0 atom stereocenters. The maximum absolute atomic E-state index is 5.43. The second-order valence-corrected chi connectivity index (χ2v) is 3.32. The molecule has 0 heterocycles. The van der Waals surface area contributed by atoms with Crippen molar-refractivity contribution in [3.8, 4) is 0 Å². The second-order valence-electron chi connectivity index (χ2n) is 3.04. The fraction of sp³-hybridized carbons (Fsp3) is 1.00. The van der Waals surface area contributed by atoms with E-state index < -0.39 is 0 Å². The molecule has 0 aliphatic carbocycles. The lowest BCUT2D eigenvalue weighted by Gasteiger charge is -2.12. The topological polar surface area (TPSA) is 12.5 Å². The molecule has 0 spiro atoms. The number of unbranched alkanes of at least 4 members (excludes halogenated alkanes) is 2. The molecule has 0 aliphatic heterocycles. The summed E-state index contributed by atoms with van der Waals surface area (Å²) >= 11 is 4.14. The molecule has 0 amide bonds. The Bertz CT molecular complexity index is 90.6. The van der Waals surface area contributed by atoms with Gasteiger partial charge in [-0.15, -0.1) is 0 Å². The lowest BCUT2D eigenvalue weighted by atomic mass is 10.3. The van der Waals surface area contributed by atoms with Crippen molar-refractivity contribution in [1.29, 1.82) is 0 Å². The van der Waals surface area contributed by atoms with Gasteiger partial charge in [-0.05, 0) is 13.5 Å². The van der Waals surface area contributed by atoms with Crippen LogP contribution in [0.5, 0.6) is 0 Å². The van der Waals surface area contributed by atoms with Gasteiger partial charge in [-0.2, -0.15) is 12.6 Å². The van der Waals surface area contributed by atoms with Gasteiger partial charge in [0, 0.05) is 19.0 Å². The lowest BCUT2D eigenvalue weighted by molar-refractivity contribution is 0.113. The summed E-state index contributed by atoms with van der Waals surface area (Å²) in [7, 11) is 2.04. The van der Waals surface area contributed by atoms with E-state index in [-0.39, 0.29) is 0 Å². The number of ether oxygens (including phenoxy) is 1. The molecule has 2 nitrogen and oxygen atoms in total. The van der Waals surface area contributed by atoms with Crippen LogP contribution in [0.2, 0.25) is 0 Å². The zero-order chi connectivity index (χ0) is 9.23. The molecule has 0 aromatic heterocycles. The van der Waals surface area contributed by atoms with Crippen LogP contribution in [-0.4, -0.2) is 37.6 Å². The molecule has 0 bridgehead atoms. The highest BCUT2D eigenvalue weighted by Gasteiger charge is 1.93. The Hall–Kier alpha value is 0.270. The number of thiol groups is 1. The van der Waals surface area contributed by atoms with Gasteiger partial charge in [0.1, 0.15) is 0 Å². The average molecular weight is 191 g/mol. The Kier molecular flexibility index (Phi) is 9.57. The van der Waals surface area contributed by atoms with Crippen LogP contribution in [0.15, 0.2) is 0 Å². The number of hydrogen-bond donors (Lipinski definition) is 1. The standard InChI is InChI=1S/C9H21NOS/c1-3-4-5-7-11-8-6-10(2)9-12/h12H,3-9H2,1-2H3. The summed E-state index contributed by atoms with van der Waals surface area (Å²) in [5, 5.41) is 0. The van der Waals surface area contributed by atoms with Gasteiger partial charge in [0.25, 0.3) is 0 Å². The van der Waals surface area contributed by atoms with Crippen LogP contribution < -0.4 is 0 Å². The molecule has 0 aliphatic rings. The zero-order valence-corrected chi connectivity index (χ0v) is 9.15. The summed E-state index contributed by atoms with van der Waals surface area (Å²) < 4.78 is 5.43. The monoisotopic (exact) mass is 191 g/mol. The molecule has 0 aromatic rings. The van der Waals surface area contributed by atoms with Gasteiger partial charge >= 0.3 is 0 Å². The maximum atomic E-state index is 5.43. The van der Waals surface area contributed by atoms with Gasteiger partial charge in [-0.25, -0.2) is 0 Å². The number of hydrogen-bond acceptors (Lipinski definition) is 3. The van der Waals surface area contributed by atoms with Gasteiger partial charge < -0.3 is 4.74 Å². The molecule has 0 saturated heterocycles. The maximum Gasteiger partial charge on any atom is 0.0593 e. The van der Waals surface area contributed by atoms with E-state index in [1.54, 1.807) is 0 Å². The molecule has 12 heavy (non-hydrogen) atoms. The first kappa shape index (κ1) is 12.3. The van der Waals surface area contributed by atoms with Crippen LogP contribution in [0.3, 0.4) is 0 Å². The van der Waals surface area contributed by atoms with Crippen molar-refractivity contribution in [2.45, 2.75) is 26.2 Å². The van der Waals surface area contributed by atoms with Gasteiger partial charge in [-0.3, -0.25) is 4.90 Å². The molecule has 0 aromatic carbocycles. The van der Waals surface area contributed by atoms with Crippen molar-refractivity contribution in [2.75, 3.05) is 32.7 Å². The van der Waals surface area contributed by atoms with Crippen molar-refractivity contribution >= 4 is 12.6 Å². The molecule has 0 rings (SSSR count). The van der Waals surface area contributed by atoms with Crippen LogP contribution >= 0.6 is 12.6 Å². The summed E-state index contributed by atoms with van der Waals surface area (Å²) in [4.78, 5) is 2.13. The Morgan fingerprint density at radius 2 is 2.00 bits per heavy atom. The predicted molar refractivity (Wildman–Crippen MR) is 56.8 cm³/mol. The number of likely N-dealkylation sites (N-methyl/N-ethyl adjacent to an activating group) is 1. The number of nitrogens with zero attached hydrogens (tertiary/aromatic N) is 1. The van der Waals surface area contributed by atoms with Crippen molar-refractivity contribution in [1.82, 2.24) is 4.90 Å². The summed E-state index contributed by atoms with van der Waals surface area (Å²) in [5.41, 5.74) is 0. The van der Waals surface area contributed by atoms with Crippen LogP contribution in [0.4, 0.5) is 0 Å². The molecule has 0 unspecified atom stereocenters. The summed E-state index contributed by atoms with van der Waals surface area (Å²) in [6, 6.07) is 0. The Balaban J connectivity index is 2.90. The van der Waals surface area contributed by atoms with E-state index >= 15 is 0 Å². The van der Waals surface area contributed by atoms with Crippen molar-refractivity contribution in [3.05, 3.63) is 0 Å². The Morgan fingerprint density at radius 3 is 2.58 bits per heavy atom. The average Bonchev–Trinajstić information content (AvgIpc) is 2.10. The third kappa shape index (κ3) is 8.37. The van der Waals surface area contributed by atoms with Gasteiger partial charge in [0.15, 0.2) is 0 Å². The highest BCUT2D eigenvalue weighted by Crippen LogP contribution is 1.94. The van der Waals surface area contributed by atoms with E-state index in [1.807, 2.05) is 7.05 Å². The minimum Gasteiger partial charge on any atom is -0.380 e. The highest BCUT2D eigenvalue weighted by atomic mass is 32.1. The van der Waals surface area contributed by atoms with E-state index in [1.165, 1.54) is 19.3 Å². The molecule has 3 heteroatoms. The zero-order valence-electron chi connectivity index (χ0n) is 8.25. The second kappa shape index (κ2) is 9.36. The van der Waals surface area contributed by atoms with E-state index in [4.69, 9.17) is 4.74 Å². The largest absolute Gasteiger partial charge is 0.380 e. The Labute approximate surface area is 81.7 Å². The van der Waals surface area contributed by atoms with E-state index in [0.717, 1.165) is 25.6 Å². The fourth-order valence-corrected chi connectivity index (χ4v) is 0.989. The molecule has 0 fully saturated rings. The molecule has 74 valence electrons. The van der Waals surface area contributed by atoms with E-state index in [9.17, 15) is 0 Å². The minimum atomic E-state index is 0.804. The van der Waals surface area contributed by atoms with Crippen LogP contribution in [0.1, 0.15) is 26.2 Å². The lowest BCUT2D eigenvalue weighted by Crippen LogP contribution is -2.21. The minimum absolute atomic E-state index is 0.804. The van der Waals surface area contributed by atoms with Crippen LogP contribution in [0.25, 0.3) is 0 Å². The molecular formula is C9H21NOS. The van der Waals surface area contributed by atoms with E-state index in [0.29, 0.717) is 0 Å². The molecular weight excluding hydrogens is 170 g/mol. The SMILES string of the molecule is CCCCCOCCN(C)CS. The molecule has 0 saturated carbocycles. The normalized spacial score (nSPS) is 11.0. The molecule has 0 N–H and O–H groups in total. The quantitative estimate of drug-likeness (QED) is 0.358. The summed E-state index contributed by atoms with van der Waals surface area (Å²) in [6.45, 7) is 4.93. The van der Waals surface area contributed by atoms with Crippen molar-refractivity contribution in [2.24, 2.45) is 0 Å². The smallest absolute Gasteiger partial charge is 0.0593 e. The summed E-state index contributed by atoms with van der Waals surface area (Å²) in [5.74, 6) is 0.804. The van der Waals surface area contributed by atoms with Gasteiger partial charge in [0.05, 0.1) is 6.61 Å². The first-order chi connectivity index (χ1) is 5.81. The Morgan fingerprint density at radius 1 is 1.25 bits per heavy atom. The third-order valence-corrected chi connectivity index (χ3v) is 2.23. The third-order valence-electron chi connectivity index (χ3n) is 1.75. The number of rotatable bonds is 8. The van der Waals surface area contributed by atoms with Gasteiger partial charge in [0.2, 0.25) is 0 Å². The van der Waals surface area contributed by atoms with Crippen LogP contribution in [-0.2, 0) is 4.74 Å². The van der Waals surface area contributed by atoms with Crippen molar-refractivity contribution < 1.29 is 4.74 Å². The summed E-state index contributed by atoms with van der Waals surface area (Å²) in [6.07, 6.45) is 3.74. The van der Waals surface area contributed by atoms with Gasteiger partial charge in [-0.1, -0.05) is 19.8 Å². The highest BCUT2D eigenvalue weighted by molar-refractivity contribution is 7.80. The fourth-order valence-electron chi connectivity index (χ4n) is 0.847. The first-order valence-electron chi connectivity index (χ1n) is 4.68. The first-order valence-corrected chi connectivity index (χ1v) is 5.31. The predicted octanol–water partition coefficient (Wildman–Crippen LogP) is 2.01. The molecule has 0 radical (unpaired) electrons. The van der Waals surface area contributed by atoms with Crippen LogP contribution in [0, 0.1) is 0 Å². The van der Waals surface area contributed by atoms with Crippen molar-refractivity contribution in [3.63, 3.8) is 0 Å². The van der Waals surface area contributed by atoms with E-state index in [2.05, 4.69) is 24.5 Å².